The van der Waals surface area contributed by atoms with E-state index in [0.717, 1.165) is 12.2 Å². The van der Waals surface area contributed by atoms with E-state index >= 15 is 0 Å². The second-order valence-corrected chi connectivity index (χ2v) is 5.07. The zero-order valence-electron chi connectivity index (χ0n) is 9.62. The Kier molecular flexibility index (Phi) is 2.22. The molecule has 0 unspecified atom stereocenters. The maximum absolute atomic E-state index is 5.75. The molecule has 1 aliphatic rings. The van der Waals surface area contributed by atoms with Crippen molar-refractivity contribution in [3.8, 4) is 0 Å². The predicted molar refractivity (Wildman–Crippen MR) is 65.2 cm³/mol. The van der Waals surface area contributed by atoms with Crippen molar-refractivity contribution in [2.45, 2.75) is 32.9 Å². The van der Waals surface area contributed by atoms with Crippen molar-refractivity contribution >= 4 is 11.8 Å². The number of nitrogens with zero attached hydrogens (tertiary/aromatic N) is 1. The molecule has 1 aromatic carbocycles. The summed E-state index contributed by atoms with van der Waals surface area (Å²) in [5.41, 5.74) is 9.36. The molecular formula is C13H18N2. The third-order valence-electron chi connectivity index (χ3n) is 2.81. The number of anilines is 1. The van der Waals surface area contributed by atoms with E-state index in [9.17, 15) is 0 Å². The van der Waals surface area contributed by atoms with Crippen molar-refractivity contribution < 1.29 is 0 Å². The average molecular weight is 202 g/mol. The number of nitrogens with two attached hydrogens (primary N) is 1. The Morgan fingerprint density at radius 3 is 2.67 bits per heavy atom. The van der Waals surface area contributed by atoms with Gasteiger partial charge in [-0.2, -0.15) is 0 Å². The summed E-state index contributed by atoms with van der Waals surface area (Å²) in [6.45, 7) is 7.63. The zero-order valence-corrected chi connectivity index (χ0v) is 9.62. The summed E-state index contributed by atoms with van der Waals surface area (Å²) in [6.07, 6.45) is 4.29. The van der Waals surface area contributed by atoms with Crippen LogP contribution in [0.2, 0.25) is 0 Å². The van der Waals surface area contributed by atoms with Crippen LogP contribution in [0.3, 0.4) is 0 Å². The fourth-order valence-corrected chi connectivity index (χ4v) is 1.78. The van der Waals surface area contributed by atoms with E-state index in [2.05, 4.69) is 44.0 Å². The second kappa shape index (κ2) is 3.30. The maximum atomic E-state index is 5.75. The predicted octanol–water partition coefficient (Wildman–Crippen LogP) is 2.85. The SMILES string of the molecule is CC(C)(C)N1C=Cc2cc(N)ccc2C1. The van der Waals surface area contributed by atoms with Crippen molar-refractivity contribution in [2.24, 2.45) is 0 Å². The van der Waals surface area contributed by atoms with E-state index in [0.29, 0.717) is 0 Å². The van der Waals surface area contributed by atoms with Crippen LogP contribution in [-0.2, 0) is 6.54 Å². The molecule has 0 radical (unpaired) electrons. The van der Waals surface area contributed by atoms with Gasteiger partial charge in [-0.05, 0) is 50.1 Å². The summed E-state index contributed by atoms with van der Waals surface area (Å²) < 4.78 is 0. The van der Waals surface area contributed by atoms with Gasteiger partial charge in [0, 0.05) is 24.0 Å². The van der Waals surface area contributed by atoms with Gasteiger partial charge in [-0.25, -0.2) is 0 Å². The largest absolute Gasteiger partial charge is 0.399 e. The van der Waals surface area contributed by atoms with Gasteiger partial charge in [0.2, 0.25) is 0 Å². The van der Waals surface area contributed by atoms with Crippen molar-refractivity contribution in [3.05, 3.63) is 35.5 Å². The molecule has 0 fully saturated rings. The lowest BCUT2D eigenvalue weighted by molar-refractivity contribution is 0.197. The molecule has 0 aromatic heterocycles. The van der Waals surface area contributed by atoms with E-state index in [1.165, 1.54) is 11.1 Å². The first-order chi connectivity index (χ1) is 6.97. The van der Waals surface area contributed by atoms with Crippen LogP contribution in [-0.4, -0.2) is 10.4 Å². The molecule has 2 nitrogen and oxygen atoms in total. The number of nitrogen functional groups attached to an aromatic ring is 1. The van der Waals surface area contributed by atoms with Crippen molar-refractivity contribution in [1.82, 2.24) is 4.90 Å². The quantitative estimate of drug-likeness (QED) is 0.655. The Bertz CT molecular complexity index is 399. The Morgan fingerprint density at radius 1 is 1.27 bits per heavy atom. The summed E-state index contributed by atoms with van der Waals surface area (Å²) in [7, 11) is 0. The number of rotatable bonds is 0. The summed E-state index contributed by atoms with van der Waals surface area (Å²) in [5, 5.41) is 0. The molecule has 15 heavy (non-hydrogen) atoms. The number of hydrogen-bond acceptors (Lipinski definition) is 2. The maximum Gasteiger partial charge on any atom is 0.0435 e. The standard InChI is InChI=1S/C13H18N2/c1-13(2,3)15-7-6-10-8-12(14)5-4-11(10)9-15/h4-8H,9,14H2,1-3H3. The van der Waals surface area contributed by atoms with Gasteiger partial charge < -0.3 is 10.6 Å². The lowest BCUT2D eigenvalue weighted by Gasteiger charge is -2.37. The Balaban J connectivity index is 2.32. The first kappa shape index (κ1) is 10.1. The number of fused-ring (bicyclic) bond motifs is 1. The van der Waals surface area contributed by atoms with Gasteiger partial charge in [0.1, 0.15) is 0 Å². The van der Waals surface area contributed by atoms with Crippen molar-refractivity contribution in [3.63, 3.8) is 0 Å². The molecule has 1 aliphatic heterocycles. The topological polar surface area (TPSA) is 29.3 Å². The van der Waals surface area contributed by atoms with Gasteiger partial charge in [-0.1, -0.05) is 6.07 Å². The highest BCUT2D eigenvalue weighted by Crippen LogP contribution is 2.26. The fourth-order valence-electron chi connectivity index (χ4n) is 1.78. The average Bonchev–Trinajstić information content (AvgIpc) is 2.15. The highest BCUT2D eigenvalue weighted by atomic mass is 15.2. The smallest absolute Gasteiger partial charge is 0.0435 e. The molecule has 0 saturated heterocycles. The Labute approximate surface area is 91.4 Å². The van der Waals surface area contributed by atoms with Crippen LogP contribution >= 0.6 is 0 Å². The molecule has 0 saturated carbocycles. The minimum absolute atomic E-state index is 0.176. The Hall–Kier alpha value is -1.44. The minimum Gasteiger partial charge on any atom is -0.399 e. The molecule has 0 bridgehead atoms. The normalized spacial score (nSPS) is 15.3. The summed E-state index contributed by atoms with van der Waals surface area (Å²) in [6, 6.07) is 6.12. The second-order valence-electron chi connectivity index (χ2n) is 5.07. The van der Waals surface area contributed by atoms with E-state index in [4.69, 9.17) is 5.73 Å². The molecule has 0 atom stereocenters. The van der Waals surface area contributed by atoms with Crippen LogP contribution in [0.1, 0.15) is 31.9 Å². The van der Waals surface area contributed by atoms with Gasteiger partial charge in [0.25, 0.3) is 0 Å². The van der Waals surface area contributed by atoms with E-state index in [1.807, 2.05) is 12.1 Å². The molecule has 1 aromatic rings. The van der Waals surface area contributed by atoms with Crippen LogP contribution in [0.5, 0.6) is 0 Å². The molecule has 2 N–H and O–H groups in total. The molecule has 80 valence electrons. The molecule has 2 heteroatoms. The van der Waals surface area contributed by atoms with E-state index in [1.54, 1.807) is 0 Å². The highest BCUT2D eigenvalue weighted by Gasteiger charge is 2.21. The van der Waals surface area contributed by atoms with Crippen molar-refractivity contribution in [1.29, 1.82) is 0 Å². The molecule has 0 spiro atoms. The van der Waals surface area contributed by atoms with Crippen LogP contribution < -0.4 is 5.73 Å². The molecule has 0 amide bonds. The fraction of sp³-hybridized carbons (Fsp3) is 0.385. The minimum atomic E-state index is 0.176. The van der Waals surface area contributed by atoms with Gasteiger partial charge in [0.05, 0.1) is 0 Å². The van der Waals surface area contributed by atoms with Gasteiger partial charge >= 0.3 is 0 Å². The zero-order chi connectivity index (χ0) is 11.1. The molecular weight excluding hydrogens is 184 g/mol. The summed E-state index contributed by atoms with van der Waals surface area (Å²) in [5.74, 6) is 0. The summed E-state index contributed by atoms with van der Waals surface area (Å²) in [4.78, 5) is 2.34. The van der Waals surface area contributed by atoms with Gasteiger partial charge in [-0.3, -0.25) is 0 Å². The number of hydrogen-bond donors (Lipinski definition) is 1. The third kappa shape index (κ3) is 1.99. The van der Waals surface area contributed by atoms with Gasteiger partial charge in [0.15, 0.2) is 0 Å². The van der Waals surface area contributed by atoms with Crippen LogP contribution in [0, 0.1) is 0 Å². The van der Waals surface area contributed by atoms with Crippen LogP contribution in [0.25, 0.3) is 6.08 Å². The van der Waals surface area contributed by atoms with Gasteiger partial charge in [-0.15, -0.1) is 0 Å². The highest BCUT2D eigenvalue weighted by molar-refractivity contribution is 5.61. The lowest BCUT2D eigenvalue weighted by atomic mass is 9.99. The monoisotopic (exact) mass is 202 g/mol. The van der Waals surface area contributed by atoms with Crippen LogP contribution in [0.4, 0.5) is 5.69 Å². The first-order valence-electron chi connectivity index (χ1n) is 5.30. The summed E-state index contributed by atoms with van der Waals surface area (Å²) >= 11 is 0. The molecule has 1 heterocycles. The van der Waals surface area contributed by atoms with E-state index < -0.39 is 0 Å². The number of benzene rings is 1. The molecule has 2 rings (SSSR count). The lowest BCUT2D eigenvalue weighted by Crippen LogP contribution is -2.37. The van der Waals surface area contributed by atoms with Crippen molar-refractivity contribution in [2.75, 3.05) is 5.73 Å². The van der Waals surface area contributed by atoms with Crippen LogP contribution in [0.15, 0.2) is 24.4 Å². The Morgan fingerprint density at radius 2 is 2.00 bits per heavy atom. The molecule has 0 aliphatic carbocycles. The van der Waals surface area contributed by atoms with E-state index in [-0.39, 0.29) is 5.54 Å². The first-order valence-corrected chi connectivity index (χ1v) is 5.30. The third-order valence-corrected chi connectivity index (χ3v) is 2.81.